The molecule has 0 atom stereocenters. The van der Waals surface area contributed by atoms with Crippen LogP contribution in [0.4, 0.5) is 0 Å². The molecular formula is C12H14NO5-. The van der Waals surface area contributed by atoms with E-state index in [0.717, 1.165) is 0 Å². The van der Waals surface area contributed by atoms with Crippen LogP contribution in [0.3, 0.4) is 0 Å². The first kappa shape index (κ1) is 14.0. The van der Waals surface area contributed by atoms with E-state index in [1.807, 2.05) is 0 Å². The van der Waals surface area contributed by atoms with E-state index in [1.54, 1.807) is 6.92 Å². The van der Waals surface area contributed by atoms with Crippen LogP contribution in [0.15, 0.2) is 15.3 Å². The van der Waals surface area contributed by atoms with Gasteiger partial charge in [0.1, 0.15) is 5.76 Å². The van der Waals surface area contributed by atoms with Gasteiger partial charge < -0.3 is 19.6 Å². The lowest BCUT2D eigenvalue weighted by Gasteiger charge is -2.09. The van der Waals surface area contributed by atoms with Crippen molar-refractivity contribution in [2.45, 2.75) is 26.7 Å². The Morgan fingerprint density at radius 2 is 2.06 bits per heavy atom. The smallest absolute Gasteiger partial charge is 0.336 e. The summed E-state index contributed by atoms with van der Waals surface area (Å²) >= 11 is 0. The number of carbonyl (C=O) groups excluding carboxylic acids is 2. The number of rotatable bonds is 5. The average Bonchev–Trinajstić information content (AvgIpc) is 2.22. The summed E-state index contributed by atoms with van der Waals surface area (Å²) in [6.07, 6.45) is 0.186. The molecule has 1 amide bonds. The summed E-state index contributed by atoms with van der Waals surface area (Å²) in [6, 6.07) is 1.24. The Labute approximate surface area is 104 Å². The number of aryl methyl sites for hydroxylation is 2. The van der Waals surface area contributed by atoms with Gasteiger partial charge in [-0.05, 0) is 32.3 Å². The quantitative estimate of drug-likeness (QED) is 0.713. The van der Waals surface area contributed by atoms with Crippen LogP contribution in [0.1, 0.15) is 34.5 Å². The molecule has 0 radical (unpaired) electrons. The predicted octanol–water partition coefficient (Wildman–Crippen LogP) is -0.483. The van der Waals surface area contributed by atoms with E-state index < -0.39 is 11.6 Å². The molecule has 0 unspecified atom stereocenters. The molecule has 18 heavy (non-hydrogen) atoms. The maximum absolute atomic E-state index is 11.8. The molecule has 1 N–H and O–H groups in total. The van der Waals surface area contributed by atoms with Gasteiger partial charge >= 0.3 is 5.63 Å². The van der Waals surface area contributed by atoms with Crippen molar-refractivity contribution in [3.8, 4) is 0 Å². The molecule has 1 aromatic rings. The highest BCUT2D eigenvalue weighted by atomic mass is 16.4. The zero-order valence-corrected chi connectivity index (χ0v) is 10.2. The van der Waals surface area contributed by atoms with Crippen LogP contribution < -0.4 is 16.0 Å². The van der Waals surface area contributed by atoms with Gasteiger partial charge in [0.15, 0.2) is 0 Å². The van der Waals surface area contributed by atoms with Gasteiger partial charge in [-0.3, -0.25) is 4.79 Å². The number of carboxylic acids is 1. The number of aliphatic carboxylic acids is 1. The van der Waals surface area contributed by atoms with Crippen molar-refractivity contribution < 1.29 is 19.1 Å². The molecule has 1 heterocycles. The molecule has 0 aliphatic carbocycles. The van der Waals surface area contributed by atoms with Crippen molar-refractivity contribution >= 4 is 11.9 Å². The lowest BCUT2D eigenvalue weighted by atomic mass is 10.1. The molecule has 0 spiro atoms. The van der Waals surface area contributed by atoms with Crippen molar-refractivity contribution in [3.63, 3.8) is 0 Å². The van der Waals surface area contributed by atoms with Crippen molar-refractivity contribution in [2.24, 2.45) is 0 Å². The summed E-state index contributed by atoms with van der Waals surface area (Å²) in [4.78, 5) is 33.0. The van der Waals surface area contributed by atoms with Gasteiger partial charge in [0, 0.05) is 18.6 Å². The van der Waals surface area contributed by atoms with Crippen LogP contribution in [0, 0.1) is 13.8 Å². The molecule has 0 saturated carbocycles. The third-order valence-electron chi connectivity index (χ3n) is 2.40. The van der Waals surface area contributed by atoms with Crippen molar-refractivity contribution in [1.29, 1.82) is 0 Å². The summed E-state index contributed by atoms with van der Waals surface area (Å²) < 4.78 is 4.83. The van der Waals surface area contributed by atoms with Crippen molar-refractivity contribution in [2.75, 3.05) is 6.54 Å². The minimum atomic E-state index is -1.15. The fourth-order valence-corrected chi connectivity index (χ4v) is 1.62. The molecule has 0 bridgehead atoms. The van der Waals surface area contributed by atoms with Gasteiger partial charge in [-0.2, -0.15) is 0 Å². The highest BCUT2D eigenvalue weighted by molar-refractivity contribution is 5.96. The maximum atomic E-state index is 11.8. The van der Waals surface area contributed by atoms with E-state index >= 15 is 0 Å². The lowest BCUT2D eigenvalue weighted by Crippen LogP contribution is -2.29. The zero-order chi connectivity index (χ0) is 13.7. The van der Waals surface area contributed by atoms with E-state index in [9.17, 15) is 19.5 Å². The monoisotopic (exact) mass is 252 g/mol. The normalized spacial score (nSPS) is 10.1. The summed E-state index contributed by atoms with van der Waals surface area (Å²) in [7, 11) is 0. The fourth-order valence-electron chi connectivity index (χ4n) is 1.62. The van der Waals surface area contributed by atoms with Gasteiger partial charge in [0.05, 0.1) is 5.56 Å². The summed E-state index contributed by atoms with van der Waals surface area (Å²) in [6.45, 7) is 3.40. The van der Waals surface area contributed by atoms with E-state index in [-0.39, 0.29) is 24.6 Å². The SMILES string of the molecule is Cc1cc(=O)oc(C)c1C(=O)NCCCC(=O)[O-]. The van der Waals surface area contributed by atoms with E-state index in [0.29, 0.717) is 17.5 Å². The molecule has 0 aliphatic heterocycles. The number of carboxylic acid groups (broad SMARTS) is 1. The van der Waals surface area contributed by atoms with Gasteiger partial charge in [-0.15, -0.1) is 0 Å². The highest BCUT2D eigenvalue weighted by Gasteiger charge is 2.14. The Morgan fingerprint density at radius 1 is 1.39 bits per heavy atom. The highest BCUT2D eigenvalue weighted by Crippen LogP contribution is 2.10. The second-order valence-corrected chi connectivity index (χ2v) is 3.91. The molecule has 6 heteroatoms. The zero-order valence-electron chi connectivity index (χ0n) is 10.2. The maximum Gasteiger partial charge on any atom is 0.336 e. The molecule has 0 aliphatic rings. The van der Waals surface area contributed by atoms with Crippen LogP contribution in [-0.2, 0) is 4.79 Å². The fraction of sp³-hybridized carbons (Fsp3) is 0.417. The lowest BCUT2D eigenvalue weighted by molar-refractivity contribution is -0.305. The number of hydrogen-bond donors (Lipinski definition) is 1. The minimum absolute atomic E-state index is 0.109. The molecule has 98 valence electrons. The van der Waals surface area contributed by atoms with Crippen molar-refractivity contribution in [3.05, 3.63) is 33.4 Å². The molecule has 0 fully saturated rings. The Kier molecular flexibility index (Phi) is 4.65. The first-order chi connectivity index (χ1) is 8.41. The Balaban J connectivity index is 2.67. The molecule has 0 aromatic carbocycles. The topological polar surface area (TPSA) is 99.4 Å². The number of nitrogens with one attached hydrogen (secondary N) is 1. The predicted molar refractivity (Wildman–Crippen MR) is 61.0 cm³/mol. The Hall–Kier alpha value is -2.11. The van der Waals surface area contributed by atoms with E-state index in [1.165, 1.54) is 13.0 Å². The van der Waals surface area contributed by atoms with Gasteiger partial charge in [-0.25, -0.2) is 4.79 Å². The van der Waals surface area contributed by atoms with E-state index in [2.05, 4.69) is 5.32 Å². The molecule has 0 saturated heterocycles. The van der Waals surface area contributed by atoms with Gasteiger partial charge in [-0.1, -0.05) is 0 Å². The number of hydrogen-bond acceptors (Lipinski definition) is 5. The van der Waals surface area contributed by atoms with Crippen LogP contribution in [0.2, 0.25) is 0 Å². The number of carbonyl (C=O) groups is 2. The number of amides is 1. The van der Waals surface area contributed by atoms with Crippen LogP contribution in [0.25, 0.3) is 0 Å². The van der Waals surface area contributed by atoms with E-state index in [4.69, 9.17) is 4.42 Å². The molecule has 6 nitrogen and oxygen atoms in total. The summed E-state index contributed by atoms with van der Waals surface area (Å²) in [5, 5.41) is 12.7. The standard InChI is InChI=1S/C12H15NO5/c1-7-6-10(16)18-8(2)11(7)12(17)13-5-3-4-9(14)15/h6H,3-5H2,1-2H3,(H,13,17)(H,14,15)/p-1. The second-order valence-electron chi connectivity index (χ2n) is 3.91. The first-order valence-corrected chi connectivity index (χ1v) is 5.51. The van der Waals surface area contributed by atoms with Crippen LogP contribution in [-0.4, -0.2) is 18.4 Å². The van der Waals surface area contributed by atoms with Crippen molar-refractivity contribution in [1.82, 2.24) is 5.32 Å². The molecule has 1 rings (SSSR count). The minimum Gasteiger partial charge on any atom is -0.550 e. The third-order valence-corrected chi connectivity index (χ3v) is 2.40. The van der Waals surface area contributed by atoms with Gasteiger partial charge in [0.25, 0.3) is 5.91 Å². The Bertz CT molecular complexity index is 491. The average molecular weight is 252 g/mol. The second kappa shape index (κ2) is 6.00. The van der Waals surface area contributed by atoms with Crippen LogP contribution >= 0.6 is 0 Å². The summed E-state index contributed by atoms with van der Waals surface area (Å²) in [5.74, 6) is -1.29. The third kappa shape index (κ3) is 3.73. The molecule has 1 aromatic heterocycles. The summed E-state index contributed by atoms with van der Waals surface area (Å²) in [5.41, 5.74) is 0.336. The van der Waals surface area contributed by atoms with Crippen LogP contribution in [0.5, 0.6) is 0 Å². The largest absolute Gasteiger partial charge is 0.550 e. The molecular weight excluding hydrogens is 238 g/mol. The first-order valence-electron chi connectivity index (χ1n) is 5.51. The van der Waals surface area contributed by atoms with Gasteiger partial charge in [0.2, 0.25) is 0 Å². The Morgan fingerprint density at radius 3 is 2.61 bits per heavy atom.